The van der Waals surface area contributed by atoms with Gasteiger partial charge in [0.05, 0.1) is 10.4 Å². The third-order valence-electron chi connectivity index (χ3n) is 3.75. The number of halogens is 1. The standard InChI is InChI=1S/C15H15BrO4/c1-15(2)14(16)12(19)9-10(17)7-5-3-4-6-8(7)11(18)13(9)20-15/h3-6,12,14,17-19H,1-2H3/t12-,14+/m0/s1. The van der Waals surface area contributed by atoms with Crippen LogP contribution in [-0.4, -0.2) is 25.7 Å². The van der Waals surface area contributed by atoms with Crippen molar-refractivity contribution in [1.29, 1.82) is 0 Å². The first-order valence-electron chi connectivity index (χ1n) is 6.32. The van der Waals surface area contributed by atoms with Crippen molar-refractivity contribution < 1.29 is 20.1 Å². The van der Waals surface area contributed by atoms with Crippen molar-refractivity contribution in [3.05, 3.63) is 29.8 Å². The number of aliphatic hydroxyl groups excluding tert-OH is 1. The number of phenolic OH excluding ortho intramolecular Hbond substituents is 2. The summed E-state index contributed by atoms with van der Waals surface area (Å²) in [6, 6.07) is 6.93. The summed E-state index contributed by atoms with van der Waals surface area (Å²) in [5, 5.41) is 32.2. The van der Waals surface area contributed by atoms with Gasteiger partial charge in [-0.15, -0.1) is 0 Å². The van der Waals surface area contributed by atoms with Gasteiger partial charge in [-0.05, 0) is 13.8 Å². The molecule has 2 aromatic rings. The third kappa shape index (κ3) is 1.70. The van der Waals surface area contributed by atoms with E-state index in [9.17, 15) is 15.3 Å². The Hall–Kier alpha value is -1.46. The quantitative estimate of drug-likeness (QED) is 0.509. The van der Waals surface area contributed by atoms with E-state index in [1.54, 1.807) is 24.3 Å². The Kier molecular flexibility index (Phi) is 2.88. The van der Waals surface area contributed by atoms with Crippen LogP contribution in [0.5, 0.6) is 17.2 Å². The van der Waals surface area contributed by atoms with Crippen molar-refractivity contribution in [2.24, 2.45) is 0 Å². The Labute approximate surface area is 124 Å². The number of benzene rings is 2. The predicted octanol–water partition coefficient (Wildman–Crippen LogP) is 3.22. The maximum Gasteiger partial charge on any atom is 0.172 e. The highest BCUT2D eigenvalue weighted by Crippen LogP contribution is 2.54. The highest BCUT2D eigenvalue weighted by molar-refractivity contribution is 9.09. The number of fused-ring (bicyclic) bond motifs is 2. The number of rotatable bonds is 0. The number of hydrogen-bond donors (Lipinski definition) is 3. The minimum Gasteiger partial charge on any atom is -0.507 e. The molecule has 4 nitrogen and oxygen atoms in total. The van der Waals surface area contributed by atoms with Crippen LogP contribution >= 0.6 is 15.9 Å². The van der Waals surface area contributed by atoms with E-state index < -0.39 is 16.5 Å². The lowest BCUT2D eigenvalue weighted by atomic mass is 9.89. The molecule has 2 aromatic carbocycles. The van der Waals surface area contributed by atoms with Gasteiger partial charge < -0.3 is 20.1 Å². The molecule has 2 atom stereocenters. The Morgan fingerprint density at radius 3 is 2.25 bits per heavy atom. The van der Waals surface area contributed by atoms with Gasteiger partial charge >= 0.3 is 0 Å². The van der Waals surface area contributed by atoms with Crippen molar-refractivity contribution in [1.82, 2.24) is 0 Å². The van der Waals surface area contributed by atoms with Crippen molar-refractivity contribution >= 4 is 26.7 Å². The van der Waals surface area contributed by atoms with E-state index in [2.05, 4.69) is 15.9 Å². The van der Waals surface area contributed by atoms with Crippen molar-refractivity contribution in [2.45, 2.75) is 30.4 Å². The number of alkyl halides is 1. The lowest BCUT2D eigenvalue weighted by Crippen LogP contribution is -2.45. The molecule has 0 spiro atoms. The molecule has 3 N–H and O–H groups in total. The van der Waals surface area contributed by atoms with E-state index in [-0.39, 0.29) is 22.8 Å². The molecule has 1 aliphatic rings. The zero-order valence-electron chi connectivity index (χ0n) is 11.1. The molecule has 0 bridgehead atoms. The van der Waals surface area contributed by atoms with Gasteiger partial charge in [0.15, 0.2) is 11.5 Å². The molecule has 0 radical (unpaired) electrons. The second kappa shape index (κ2) is 4.27. The van der Waals surface area contributed by atoms with E-state index in [0.29, 0.717) is 10.8 Å². The minimum atomic E-state index is -0.968. The maximum absolute atomic E-state index is 10.4. The van der Waals surface area contributed by atoms with E-state index in [0.717, 1.165) is 0 Å². The zero-order valence-corrected chi connectivity index (χ0v) is 12.7. The fourth-order valence-electron chi connectivity index (χ4n) is 2.62. The summed E-state index contributed by atoms with van der Waals surface area (Å²) in [6.07, 6.45) is -0.968. The van der Waals surface area contributed by atoms with Gasteiger partial charge in [0, 0.05) is 10.8 Å². The summed E-state index contributed by atoms with van der Waals surface area (Å²) in [5.74, 6) is 0.0372. The van der Waals surface area contributed by atoms with Crippen LogP contribution in [-0.2, 0) is 0 Å². The molecule has 0 aromatic heterocycles. The molecule has 0 saturated carbocycles. The minimum absolute atomic E-state index is 0.0548. The fraction of sp³-hybridized carbons (Fsp3) is 0.333. The average molecular weight is 339 g/mol. The van der Waals surface area contributed by atoms with Crippen LogP contribution in [0.15, 0.2) is 24.3 Å². The molecular formula is C15H15BrO4. The summed E-state index contributed by atoms with van der Waals surface area (Å²) in [6.45, 7) is 3.62. The van der Waals surface area contributed by atoms with Gasteiger partial charge in [0.1, 0.15) is 17.5 Å². The van der Waals surface area contributed by atoms with Gasteiger partial charge in [-0.25, -0.2) is 0 Å². The molecule has 3 rings (SSSR count). The Morgan fingerprint density at radius 2 is 1.65 bits per heavy atom. The summed E-state index contributed by atoms with van der Waals surface area (Å²) in [7, 11) is 0. The average Bonchev–Trinajstić information content (AvgIpc) is 2.42. The number of phenols is 2. The Bertz CT molecular complexity index is 696. The van der Waals surface area contributed by atoms with E-state index in [1.165, 1.54) is 0 Å². The number of ether oxygens (including phenoxy) is 1. The number of aromatic hydroxyl groups is 2. The second-order valence-electron chi connectivity index (χ2n) is 5.54. The number of aliphatic hydroxyl groups is 1. The van der Waals surface area contributed by atoms with E-state index in [4.69, 9.17) is 4.74 Å². The molecule has 0 fully saturated rings. The van der Waals surface area contributed by atoms with Crippen LogP contribution in [0.3, 0.4) is 0 Å². The smallest absolute Gasteiger partial charge is 0.172 e. The normalized spacial score (nSPS) is 24.2. The molecular weight excluding hydrogens is 324 g/mol. The monoisotopic (exact) mass is 338 g/mol. The van der Waals surface area contributed by atoms with E-state index >= 15 is 0 Å². The number of hydrogen-bond acceptors (Lipinski definition) is 4. The van der Waals surface area contributed by atoms with Crippen molar-refractivity contribution in [3.8, 4) is 17.2 Å². The molecule has 20 heavy (non-hydrogen) atoms. The highest BCUT2D eigenvalue weighted by Gasteiger charge is 2.44. The molecule has 1 aliphatic heterocycles. The largest absolute Gasteiger partial charge is 0.507 e. The lowest BCUT2D eigenvalue weighted by molar-refractivity contribution is 0.0190. The summed E-state index contributed by atoms with van der Waals surface area (Å²) < 4.78 is 5.80. The lowest BCUT2D eigenvalue weighted by Gasteiger charge is -2.40. The highest BCUT2D eigenvalue weighted by atomic mass is 79.9. The zero-order chi connectivity index (χ0) is 14.7. The van der Waals surface area contributed by atoms with Crippen LogP contribution in [0.2, 0.25) is 0 Å². The van der Waals surface area contributed by atoms with Crippen LogP contribution in [0.25, 0.3) is 10.8 Å². The van der Waals surface area contributed by atoms with Crippen molar-refractivity contribution in [2.75, 3.05) is 0 Å². The molecule has 0 saturated heterocycles. The first-order valence-corrected chi connectivity index (χ1v) is 7.24. The van der Waals surface area contributed by atoms with Crippen LogP contribution < -0.4 is 4.74 Å². The van der Waals surface area contributed by atoms with Crippen LogP contribution in [0.1, 0.15) is 25.5 Å². The van der Waals surface area contributed by atoms with Gasteiger partial charge in [0.2, 0.25) is 0 Å². The molecule has 0 aliphatic carbocycles. The maximum atomic E-state index is 10.4. The first-order chi connectivity index (χ1) is 9.34. The third-order valence-corrected chi connectivity index (χ3v) is 5.36. The molecule has 5 heteroatoms. The molecule has 1 heterocycles. The molecule has 106 valence electrons. The van der Waals surface area contributed by atoms with Crippen LogP contribution in [0.4, 0.5) is 0 Å². The second-order valence-corrected chi connectivity index (χ2v) is 6.52. The van der Waals surface area contributed by atoms with Gasteiger partial charge in [0.25, 0.3) is 0 Å². The Morgan fingerprint density at radius 1 is 1.10 bits per heavy atom. The van der Waals surface area contributed by atoms with Gasteiger partial charge in [-0.2, -0.15) is 0 Å². The Balaban J connectivity index is 2.39. The van der Waals surface area contributed by atoms with Crippen molar-refractivity contribution in [3.63, 3.8) is 0 Å². The summed E-state index contributed by atoms with van der Waals surface area (Å²) in [4.78, 5) is -0.394. The van der Waals surface area contributed by atoms with E-state index in [1.807, 2.05) is 13.8 Å². The fourth-order valence-corrected chi connectivity index (χ4v) is 2.98. The molecule has 0 amide bonds. The van der Waals surface area contributed by atoms with Gasteiger partial charge in [-0.1, -0.05) is 40.2 Å². The predicted molar refractivity (Wildman–Crippen MR) is 79.7 cm³/mol. The molecule has 0 unspecified atom stereocenters. The van der Waals surface area contributed by atoms with Gasteiger partial charge in [-0.3, -0.25) is 0 Å². The summed E-state index contributed by atoms with van der Waals surface area (Å²) >= 11 is 3.40. The topological polar surface area (TPSA) is 69.9 Å². The van der Waals surface area contributed by atoms with Crippen LogP contribution in [0, 0.1) is 0 Å². The summed E-state index contributed by atoms with van der Waals surface area (Å²) in [5.41, 5.74) is -0.485. The first kappa shape index (κ1) is 13.5. The SMILES string of the molecule is CC1(C)Oc2c(c(O)c3ccccc3c2O)[C@H](O)[C@H]1Br.